The van der Waals surface area contributed by atoms with E-state index in [1.54, 1.807) is 0 Å². The lowest BCUT2D eigenvalue weighted by atomic mass is 10.0. The van der Waals surface area contributed by atoms with Gasteiger partial charge in [-0.3, -0.25) is 0 Å². The van der Waals surface area contributed by atoms with Gasteiger partial charge in [0.2, 0.25) is 0 Å². The SMILES string of the molecule is Cc1c(N)nnc(-c2ccc(OC(C)C)cc2)c1C. The minimum absolute atomic E-state index is 0.172. The molecule has 0 unspecified atom stereocenters. The van der Waals surface area contributed by atoms with Crippen LogP contribution in [-0.2, 0) is 0 Å². The highest BCUT2D eigenvalue weighted by Gasteiger charge is 2.09. The number of anilines is 1. The third-order valence-electron chi connectivity index (χ3n) is 3.06. The molecule has 1 aromatic carbocycles. The Kier molecular flexibility index (Phi) is 3.69. The number of hydrogen-bond donors (Lipinski definition) is 1. The second-order valence-electron chi connectivity index (χ2n) is 4.87. The van der Waals surface area contributed by atoms with Gasteiger partial charge in [-0.05, 0) is 63.1 Å². The van der Waals surface area contributed by atoms with Crippen molar-refractivity contribution in [3.8, 4) is 17.0 Å². The van der Waals surface area contributed by atoms with Crippen LogP contribution in [-0.4, -0.2) is 16.3 Å². The fourth-order valence-corrected chi connectivity index (χ4v) is 1.86. The molecule has 0 amide bonds. The highest BCUT2D eigenvalue weighted by atomic mass is 16.5. The average molecular weight is 257 g/mol. The molecule has 100 valence electrons. The van der Waals surface area contributed by atoms with E-state index in [-0.39, 0.29) is 6.10 Å². The maximum Gasteiger partial charge on any atom is 0.149 e. The molecule has 0 radical (unpaired) electrons. The number of hydrogen-bond acceptors (Lipinski definition) is 4. The van der Waals surface area contributed by atoms with Crippen molar-refractivity contribution < 1.29 is 4.74 Å². The van der Waals surface area contributed by atoms with Crippen molar-refractivity contribution in [2.24, 2.45) is 0 Å². The van der Waals surface area contributed by atoms with Gasteiger partial charge in [0.25, 0.3) is 0 Å². The third-order valence-corrected chi connectivity index (χ3v) is 3.06. The topological polar surface area (TPSA) is 61.0 Å². The standard InChI is InChI=1S/C15H19N3O/c1-9(2)19-13-7-5-12(6-8-13)14-10(3)11(4)15(16)18-17-14/h5-9H,1-4H3,(H2,16,18). The minimum Gasteiger partial charge on any atom is -0.491 e. The van der Waals surface area contributed by atoms with Crippen LogP contribution in [0.2, 0.25) is 0 Å². The molecule has 1 heterocycles. The van der Waals surface area contributed by atoms with E-state index in [1.165, 1.54) is 0 Å². The first kappa shape index (κ1) is 13.3. The van der Waals surface area contributed by atoms with E-state index in [2.05, 4.69) is 10.2 Å². The molecule has 0 bridgehead atoms. The molecule has 0 fully saturated rings. The molecule has 0 atom stereocenters. The predicted molar refractivity (Wildman–Crippen MR) is 77.1 cm³/mol. The summed E-state index contributed by atoms with van der Waals surface area (Å²) in [5.74, 6) is 1.34. The van der Waals surface area contributed by atoms with Gasteiger partial charge < -0.3 is 10.5 Å². The van der Waals surface area contributed by atoms with Crippen LogP contribution in [0.3, 0.4) is 0 Å². The smallest absolute Gasteiger partial charge is 0.149 e. The molecule has 0 saturated carbocycles. The lowest BCUT2D eigenvalue weighted by Crippen LogP contribution is -2.05. The maximum atomic E-state index is 5.75. The summed E-state index contributed by atoms with van der Waals surface area (Å²) in [5.41, 5.74) is 9.67. The average Bonchev–Trinajstić information content (AvgIpc) is 2.37. The first-order chi connectivity index (χ1) is 8.99. The van der Waals surface area contributed by atoms with E-state index < -0.39 is 0 Å². The largest absolute Gasteiger partial charge is 0.491 e. The number of aromatic nitrogens is 2. The normalized spacial score (nSPS) is 10.8. The summed E-state index contributed by atoms with van der Waals surface area (Å²) in [6.45, 7) is 7.98. The van der Waals surface area contributed by atoms with E-state index in [1.807, 2.05) is 52.0 Å². The summed E-state index contributed by atoms with van der Waals surface area (Å²) in [4.78, 5) is 0. The molecular formula is C15H19N3O. The van der Waals surface area contributed by atoms with Gasteiger partial charge >= 0.3 is 0 Å². The Bertz CT molecular complexity index is 577. The Morgan fingerprint density at radius 3 is 2.21 bits per heavy atom. The van der Waals surface area contributed by atoms with Crippen LogP contribution in [0, 0.1) is 13.8 Å². The van der Waals surface area contributed by atoms with Crippen LogP contribution in [0.15, 0.2) is 24.3 Å². The van der Waals surface area contributed by atoms with Crippen LogP contribution < -0.4 is 10.5 Å². The summed E-state index contributed by atoms with van der Waals surface area (Å²) in [6.07, 6.45) is 0.172. The molecule has 4 nitrogen and oxygen atoms in total. The van der Waals surface area contributed by atoms with Crippen LogP contribution in [0.25, 0.3) is 11.3 Å². The van der Waals surface area contributed by atoms with Crippen molar-refractivity contribution >= 4 is 5.82 Å². The molecule has 2 rings (SSSR count). The van der Waals surface area contributed by atoms with Crippen molar-refractivity contribution in [1.82, 2.24) is 10.2 Å². The fraction of sp³-hybridized carbons (Fsp3) is 0.333. The highest BCUT2D eigenvalue weighted by Crippen LogP contribution is 2.26. The molecule has 2 aromatic rings. The number of benzene rings is 1. The Morgan fingerprint density at radius 2 is 1.63 bits per heavy atom. The molecule has 0 spiro atoms. The lowest BCUT2D eigenvalue weighted by Gasteiger charge is -2.11. The molecule has 0 aliphatic carbocycles. The van der Waals surface area contributed by atoms with Crippen molar-refractivity contribution in [3.05, 3.63) is 35.4 Å². The molecule has 19 heavy (non-hydrogen) atoms. The summed E-state index contributed by atoms with van der Waals surface area (Å²) < 4.78 is 5.62. The molecule has 2 N–H and O–H groups in total. The van der Waals surface area contributed by atoms with E-state index in [0.29, 0.717) is 5.82 Å². The van der Waals surface area contributed by atoms with Crippen LogP contribution in [0.4, 0.5) is 5.82 Å². The van der Waals surface area contributed by atoms with Crippen molar-refractivity contribution in [3.63, 3.8) is 0 Å². The lowest BCUT2D eigenvalue weighted by molar-refractivity contribution is 0.242. The molecule has 0 saturated heterocycles. The predicted octanol–water partition coefficient (Wildman–Crippen LogP) is 3.13. The zero-order chi connectivity index (χ0) is 14.0. The van der Waals surface area contributed by atoms with Crippen LogP contribution >= 0.6 is 0 Å². The molecule has 4 heteroatoms. The van der Waals surface area contributed by atoms with E-state index >= 15 is 0 Å². The van der Waals surface area contributed by atoms with Crippen molar-refractivity contribution in [1.29, 1.82) is 0 Å². The second-order valence-corrected chi connectivity index (χ2v) is 4.87. The number of nitrogens with two attached hydrogens (primary N) is 1. The van der Waals surface area contributed by atoms with Gasteiger partial charge in [-0.2, -0.15) is 0 Å². The number of ether oxygens (including phenoxy) is 1. The first-order valence-corrected chi connectivity index (χ1v) is 6.35. The van der Waals surface area contributed by atoms with Gasteiger partial charge in [-0.15, -0.1) is 10.2 Å². The number of nitrogens with zero attached hydrogens (tertiary/aromatic N) is 2. The zero-order valence-electron chi connectivity index (χ0n) is 11.8. The summed E-state index contributed by atoms with van der Waals surface area (Å²) in [5, 5.41) is 8.17. The second kappa shape index (κ2) is 5.26. The summed E-state index contributed by atoms with van der Waals surface area (Å²) in [7, 11) is 0. The van der Waals surface area contributed by atoms with Crippen LogP contribution in [0.5, 0.6) is 5.75 Å². The van der Waals surface area contributed by atoms with Gasteiger partial charge in [-0.1, -0.05) is 0 Å². The Morgan fingerprint density at radius 1 is 1.00 bits per heavy atom. The van der Waals surface area contributed by atoms with Gasteiger partial charge in [0.15, 0.2) is 0 Å². The first-order valence-electron chi connectivity index (χ1n) is 6.35. The monoisotopic (exact) mass is 257 g/mol. The highest BCUT2D eigenvalue weighted by molar-refractivity contribution is 5.66. The van der Waals surface area contributed by atoms with Gasteiger partial charge in [0.05, 0.1) is 11.8 Å². The number of rotatable bonds is 3. The number of nitrogen functional groups attached to an aromatic ring is 1. The zero-order valence-corrected chi connectivity index (χ0v) is 11.8. The summed E-state index contributed by atoms with van der Waals surface area (Å²) >= 11 is 0. The Hall–Kier alpha value is -2.10. The quantitative estimate of drug-likeness (QED) is 0.917. The van der Waals surface area contributed by atoms with Crippen molar-refractivity contribution in [2.45, 2.75) is 33.8 Å². The fourth-order valence-electron chi connectivity index (χ4n) is 1.86. The van der Waals surface area contributed by atoms with Gasteiger partial charge in [0.1, 0.15) is 11.6 Å². The van der Waals surface area contributed by atoms with E-state index in [4.69, 9.17) is 10.5 Å². The minimum atomic E-state index is 0.172. The third kappa shape index (κ3) is 2.84. The molecule has 0 aliphatic rings. The van der Waals surface area contributed by atoms with E-state index in [0.717, 1.165) is 28.1 Å². The van der Waals surface area contributed by atoms with Crippen molar-refractivity contribution in [2.75, 3.05) is 5.73 Å². The summed E-state index contributed by atoms with van der Waals surface area (Å²) in [6, 6.07) is 7.87. The Labute approximate surface area is 113 Å². The van der Waals surface area contributed by atoms with Gasteiger partial charge in [0, 0.05) is 5.56 Å². The molecule has 0 aliphatic heterocycles. The molecule has 1 aromatic heterocycles. The van der Waals surface area contributed by atoms with Gasteiger partial charge in [-0.25, -0.2) is 0 Å². The molecular weight excluding hydrogens is 238 g/mol. The van der Waals surface area contributed by atoms with Crippen LogP contribution in [0.1, 0.15) is 25.0 Å². The maximum absolute atomic E-state index is 5.75. The Balaban J connectivity index is 2.35. The van der Waals surface area contributed by atoms with E-state index in [9.17, 15) is 0 Å².